The third-order valence-corrected chi connectivity index (χ3v) is 5.23. The van der Waals surface area contributed by atoms with Crippen LogP contribution in [0.25, 0.3) is 0 Å². The average Bonchev–Trinajstić information content (AvgIpc) is 2.64. The lowest BCUT2D eigenvalue weighted by Crippen LogP contribution is -3.14. The molecule has 0 aromatic heterocycles. The van der Waals surface area contributed by atoms with Crippen molar-refractivity contribution >= 4 is 0 Å². The Hall–Kier alpha value is -1.34. The summed E-state index contributed by atoms with van der Waals surface area (Å²) in [6.45, 7) is 4.47. The maximum atomic E-state index is 11.4. The van der Waals surface area contributed by atoms with Crippen molar-refractivity contribution in [1.29, 1.82) is 0 Å². The van der Waals surface area contributed by atoms with Gasteiger partial charge in [-0.3, -0.25) is 0 Å². The van der Waals surface area contributed by atoms with Crippen LogP contribution in [0.15, 0.2) is 30.3 Å². The molecule has 0 unspecified atom stereocenters. The highest BCUT2D eigenvalue weighted by molar-refractivity contribution is 5.33. The molecular weight excluding hydrogens is 286 g/mol. The lowest BCUT2D eigenvalue weighted by atomic mass is 9.73. The van der Waals surface area contributed by atoms with Gasteiger partial charge >= 0.3 is 0 Å². The molecule has 1 aliphatic carbocycles. The van der Waals surface area contributed by atoms with Gasteiger partial charge in [0.15, 0.2) is 5.60 Å². The van der Waals surface area contributed by atoms with Gasteiger partial charge in [-0.25, -0.2) is 0 Å². The Labute approximate surface area is 139 Å². The van der Waals surface area contributed by atoms with Gasteiger partial charge in [0.1, 0.15) is 19.6 Å². The second-order valence-corrected chi connectivity index (χ2v) is 6.81. The smallest absolute Gasteiger partial charge is 0.153 e. The molecular formula is C20H28NO2+. The Balaban J connectivity index is 1.77. The van der Waals surface area contributed by atoms with Gasteiger partial charge in [0.05, 0.1) is 13.2 Å². The molecule has 1 aliphatic heterocycles. The van der Waals surface area contributed by atoms with Crippen molar-refractivity contribution in [3.8, 4) is 11.8 Å². The highest BCUT2D eigenvalue weighted by Gasteiger charge is 2.37. The van der Waals surface area contributed by atoms with Gasteiger partial charge in [-0.15, -0.1) is 0 Å². The minimum atomic E-state index is -0.993. The zero-order chi connectivity index (χ0) is 16.0. The molecule has 0 spiro atoms. The van der Waals surface area contributed by atoms with E-state index in [0.29, 0.717) is 0 Å². The molecule has 0 bridgehead atoms. The van der Waals surface area contributed by atoms with Gasteiger partial charge in [-0.1, -0.05) is 55.5 Å². The van der Waals surface area contributed by atoms with Crippen LogP contribution >= 0.6 is 0 Å². The minimum Gasteiger partial charge on any atom is -0.373 e. The number of nitrogens with one attached hydrogen (secondary N) is 1. The molecule has 2 fully saturated rings. The van der Waals surface area contributed by atoms with Crippen molar-refractivity contribution in [2.45, 2.75) is 37.7 Å². The number of hydrogen-bond donors (Lipinski definition) is 2. The number of ether oxygens (including phenoxy) is 1. The molecule has 2 N–H and O–H groups in total. The summed E-state index contributed by atoms with van der Waals surface area (Å²) in [5.74, 6) is 6.83. The van der Waals surface area contributed by atoms with Crippen molar-refractivity contribution in [2.75, 3.05) is 32.8 Å². The SMILES string of the molecule is O[C@](C#CC[NH+]1CCOCC1)(c1ccccc1)C1CCCCC1. The van der Waals surface area contributed by atoms with E-state index in [9.17, 15) is 5.11 Å². The zero-order valence-electron chi connectivity index (χ0n) is 13.9. The van der Waals surface area contributed by atoms with E-state index >= 15 is 0 Å². The summed E-state index contributed by atoms with van der Waals surface area (Å²) in [4.78, 5) is 1.46. The molecule has 2 aliphatic rings. The number of rotatable bonds is 3. The Kier molecular flexibility index (Phi) is 5.72. The van der Waals surface area contributed by atoms with Crippen LogP contribution in [0.5, 0.6) is 0 Å². The average molecular weight is 314 g/mol. The first kappa shape index (κ1) is 16.5. The molecule has 0 radical (unpaired) electrons. The molecule has 124 valence electrons. The van der Waals surface area contributed by atoms with Gasteiger partial charge in [0, 0.05) is 5.92 Å². The van der Waals surface area contributed by atoms with Crippen molar-refractivity contribution < 1.29 is 14.7 Å². The third kappa shape index (κ3) is 4.14. The fourth-order valence-corrected chi connectivity index (χ4v) is 3.76. The summed E-state index contributed by atoms with van der Waals surface area (Å²) in [6, 6.07) is 10.0. The number of benzene rings is 1. The maximum absolute atomic E-state index is 11.4. The third-order valence-electron chi connectivity index (χ3n) is 5.23. The van der Waals surface area contributed by atoms with Gasteiger partial charge in [-0.2, -0.15) is 0 Å². The Morgan fingerprint density at radius 2 is 1.78 bits per heavy atom. The van der Waals surface area contributed by atoms with E-state index in [4.69, 9.17) is 4.74 Å². The summed E-state index contributed by atoms with van der Waals surface area (Å²) < 4.78 is 5.39. The molecule has 1 aromatic rings. The molecule has 1 aromatic carbocycles. The Bertz CT molecular complexity index is 536. The minimum absolute atomic E-state index is 0.255. The number of hydrogen-bond acceptors (Lipinski definition) is 2. The zero-order valence-corrected chi connectivity index (χ0v) is 13.9. The molecule has 3 heteroatoms. The number of aliphatic hydroxyl groups is 1. The first-order chi connectivity index (χ1) is 11.3. The first-order valence-corrected chi connectivity index (χ1v) is 8.98. The van der Waals surface area contributed by atoms with Crippen LogP contribution < -0.4 is 4.90 Å². The van der Waals surface area contributed by atoms with Gasteiger partial charge in [-0.05, 0) is 24.3 Å². The quantitative estimate of drug-likeness (QED) is 0.827. The lowest BCUT2D eigenvalue weighted by molar-refractivity contribution is -0.900. The van der Waals surface area contributed by atoms with E-state index in [-0.39, 0.29) is 5.92 Å². The van der Waals surface area contributed by atoms with Crippen molar-refractivity contribution in [3.05, 3.63) is 35.9 Å². The van der Waals surface area contributed by atoms with Gasteiger partial charge in [0.25, 0.3) is 0 Å². The summed E-state index contributed by atoms with van der Waals surface area (Å²) in [6.07, 6.45) is 5.84. The summed E-state index contributed by atoms with van der Waals surface area (Å²) in [5, 5.41) is 11.4. The van der Waals surface area contributed by atoms with E-state index in [1.54, 1.807) is 0 Å². The predicted octanol–water partition coefficient (Wildman–Crippen LogP) is 1.37. The van der Waals surface area contributed by atoms with Gasteiger partial charge < -0.3 is 14.7 Å². The van der Waals surface area contributed by atoms with E-state index in [2.05, 4.69) is 11.8 Å². The van der Waals surface area contributed by atoms with Gasteiger partial charge in [0.2, 0.25) is 0 Å². The van der Waals surface area contributed by atoms with E-state index in [0.717, 1.165) is 51.3 Å². The summed E-state index contributed by atoms with van der Waals surface area (Å²) in [5.41, 5.74) is -0.0377. The Morgan fingerprint density at radius 1 is 1.09 bits per heavy atom. The fourth-order valence-electron chi connectivity index (χ4n) is 3.76. The van der Waals surface area contributed by atoms with Crippen molar-refractivity contribution in [2.24, 2.45) is 5.92 Å². The second-order valence-electron chi connectivity index (χ2n) is 6.81. The molecule has 3 nitrogen and oxygen atoms in total. The highest BCUT2D eigenvalue weighted by atomic mass is 16.5. The topological polar surface area (TPSA) is 33.9 Å². The summed E-state index contributed by atoms with van der Waals surface area (Å²) >= 11 is 0. The summed E-state index contributed by atoms with van der Waals surface area (Å²) in [7, 11) is 0. The maximum Gasteiger partial charge on any atom is 0.153 e. The van der Waals surface area contributed by atoms with Crippen LogP contribution in [0, 0.1) is 17.8 Å². The molecule has 1 heterocycles. The van der Waals surface area contributed by atoms with Crippen LogP contribution in [0.1, 0.15) is 37.7 Å². The molecule has 1 saturated carbocycles. The van der Waals surface area contributed by atoms with E-state index < -0.39 is 5.60 Å². The van der Waals surface area contributed by atoms with Crippen LogP contribution in [0.4, 0.5) is 0 Å². The molecule has 1 atom stereocenters. The lowest BCUT2D eigenvalue weighted by Gasteiger charge is -2.35. The van der Waals surface area contributed by atoms with E-state index in [1.165, 1.54) is 24.2 Å². The molecule has 3 rings (SSSR count). The number of morpholine rings is 1. The van der Waals surface area contributed by atoms with Crippen LogP contribution in [0.3, 0.4) is 0 Å². The van der Waals surface area contributed by atoms with Crippen LogP contribution in [-0.4, -0.2) is 38.0 Å². The standard InChI is InChI=1S/C20H27NO2/c22-20(18-8-3-1-4-9-18,19-10-5-2-6-11-19)12-7-13-21-14-16-23-17-15-21/h1,3-4,8-9,19,22H,2,5-6,10-11,13-17H2/p+1/t20-/m1/s1. The normalized spacial score (nSPS) is 22.8. The largest absolute Gasteiger partial charge is 0.373 e. The fraction of sp³-hybridized carbons (Fsp3) is 0.600. The highest BCUT2D eigenvalue weighted by Crippen LogP contribution is 2.38. The monoisotopic (exact) mass is 314 g/mol. The molecule has 23 heavy (non-hydrogen) atoms. The molecule has 0 amide bonds. The second kappa shape index (κ2) is 7.97. The van der Waals surface area contributed by atoms with Crippen molar-refractivity contribution in [3.63, 3.8) is 0 Å². The molecule has 1 saturated heterocycles. The van der Waals surface area contributed by atoms with Crippen LogP contribution in [-0.2, 0) is 10.3 Å². The predicted molar refractivity (Wildman–Crippen MR) is 91.1 cm³/mol. The Morgan fingerprint density at radius 3 is 2.48 bits per heavy atom. The van der Waals surface area contributed by atoms with Crippen LogP contribution in [0.2, 0.25) is 0 Å². The first-order valence-electron chi connectivity index (χ1n) is 8.98. The van der Waals surface area contributed by atoms with E-state index in [1.807, 2.05) is 30.3 Å². The van der Waals surface area contributed by atoms with Crippen molar-refractivity contribution in [1.82, 2.24) is 0 Å². The number of quaternary nitrogens is 1.